The molecule has 1 aliphatic rings. The second-order valence-corrected chi connectivity index (χ2v) is 3.50. The molecule has 0 saturated heterocycles. The van der Waals surface area contributed by atoms with E-state index >= 15 is 0 Å². The van der Waals surface area contributed by atoms with E-state index in [1.807, 2.05) is 13.0 Å². The predicted octanol–water partition coefficient (Wildman–Crippen LogP) is 1.12. The molecule has 3 heteroatoms. The highest BCUT2D eigenvalue weighted by Crippen LogP contribution is 2.37. The van der Waals surface area contributed by atoms with Crippen LogP contribution in [-0.2, 0) is 5.54 Å². The van der Waals surface area contributed by atoms with Gasteiger partial charge in [-0.25, -0.2) is 9.97 Å². The minimum atomic E-state index is -0.145. The van der Waals surface area contributed by atoms with Crippen LogP contribution in [-0.4, -0.2) is 9.97 Å². The first-order chi connectivity index (χ1) is 5.71. The Morgan fingerprint density at radius 2 is 2.25 bits per heavy atom. The maximum absolute atomic E-state index is 6.10. The number of aromatic nitrogens is 2. The van der Waals surface area contributed by atoms with Crippen molar-refractivity contribution < 1.29 is 0 Å². The molecular formula is C9H13N3. The highest BCUT2D eigenvalue weighted by molar-refractivity contribution is 5.17. The Bertz CT molecular complexity index is 292. The first-order valence-corrected chi connectivity index (χ1v) is 4.30. The maximum atomic E-state index is 6.10. The first-order valence-electron chi connectivity index (χ1n) is 4.30. The summed E-state index contributed by atoms with van der Waals surface area (Å²) < 4.78 is 0. The van der Waals surface area contributed by atoms with E-state index in [9.17, 15) is 0 Å². The maximum Gasteiger partial charge on any atom is 0.125 e. The quantitative estimate of drug-likeness (QED) is 0.675. The van der Waals surface area contributed by atoms with E-state index in [0.717, 1.165) is 24.4 Å². The lowest BCUT2D eigenvalue weighted by Gasteiger charge is -2.37. The van der Waals surface area contributed by atoms with Crippen LogP contribution in [0.4, 0.5) is 0 Å². The molecule has 0 unspecified atom stereocenters. The Labute approximate surface area is 72.0 Å². The Morgan fingerprint density at radius 1 is 1.50 bits per heavy atom. The second kappa shape index (κ2) is 2.52. The minimum absolute atomic E-state index is 0.145. The van der Waals surface area contributed by atoms with Crippen molar-refractivity contribution in [1.29, 1.82) is 0 Å². The van der Waals surface area contributed by atoms with Crippen molar-refractivity contribution in [3.63, 3.8) is 0 Å². The van der Waals surface area contributed by atoms with Crippen molar-refractivity contribution in [3.8, 4) is 0 Å². The zero-order chi connectivity index (χ0) is 8.60. The zero-order valence-electron chi connectivity index (χ0n) is 7.25. The molecule has 64 valence electrons. The van der Waals surface area contributed by atoms with Crippen LogP contribution in [0.25, 0.3) is 0 Å². The second-order valence-electron chi connectivity index (χ2n) is 3.50. The van der Waals surface area contributed by atoms with Gasteiger partial charge in [-0.2, -0.15) is 0 Å². The molecule has 1 aromatic rings. The van der Waals surface area contributed by atoms with Gasteiger partial charge >= 0.3 is 0 Å². The van der Waals surface area contributed by atoms with Gasteiger partial charge in [0.05, 0.1) is 11.2 Å². The number of nitrogens with zero attached hydrogens (tertiary/aromatic N) is 2. The summed E-state index contributed by atoms with van der Waals surface area (Å²) in [5.74, 6) is 0.809. The highest BCUT2D eigenvalue weighted by Gasteiger charge is 2.35. The van der Waals surface area contributed by atoms with E-state index in [1.54, 1.807) is 6.20 Å². The molecule has 3 nitrogen and oxygen atoms in total. The van der Waals surface area contributed by atoms with Gasteiger partial charge in [0.2, 0.25) is 0 Å². The van der Waals surface area contributed by atoms with Crippen molar-refractivity contribution in [1.82, 2.24) is 9.97 Å². The van der Waals surface area contributed by atoms with Crippen molar-refractivity contribution in [2.45, 2.75) is 31.7 Å². The Balaban J connectivity index is 2.33. The molecule has 1 fully saturated rings. The normalized spacial score (nSPS) is 20.2. The summed E-state index contributed by atoms with van der Waals surface area (Å²) in [6.07, 6.45) is 5.12. The summed E-state index contributed by atoms with van der Waals surface area (Å²) in [7, 11) is 0. The van der Waals surface area contributed by atoms with Crippen molar-refractivity contribution in [3.05, 3.63) is 23.8 Å². The number of aryl methyl sites for hydroxylation is 1. The van der Waals surface area contributed by atoms with Crippen LogP contribution in [0.15, 0.2) is 12.3 Å². The van der Waals surface area contributed by atoms with Gasteiger partial charge in [-0.1, -0.05) is 0 Å². The average Bonchev–Trinajstić information content (AvgIpc) is 2.00. The third-order valence-corrected chi connectivity index (χ3v) is 2.53. The highest BCUT2D eigenvalue weighted by atomic mass is 14.9. The molecule has 2 N–H and O–H groups in total. The zero-order valence-corrected chi connectivity index (χ0v) is 7.25. The molecule has 0 aromatic carbocycles. The third kappa shape index (κ3) is 1.10. The van der Waals surface area contributed by atoms with Crippen LogP contribution in [0.1, 0.15) is 30.8 Å². The molecule has 0 bridgehead atoms. The van der Waals surface area contributed by atoms with Gasteiger partial charge in [0.1, 0.15) is 5.82 Å². The number of rotatable bonds is 1. The van der Waals surface area contributed by atoms with Gasteiger partial charge in [0.25, 0.3) is 0 Å². The Kier molecular flexibility index (Phi) is 1.61. The van der Waals surface area contributed by atoms with Crippen LogP contribution >= 0.6 is 0 Å². The largest absolute Gasteiger partial charge is 0.320 e. The fourth-order valence-corrected chi connectivity index (χ4v) is 1.55. The van der Waals surface area contributed by atoms with E-state index in [4.69, 9.17) is 5.73 Å². The van der Waals surface area contributed by atoms with Crippen molar-refractivity contribution in [2.24, 2.45) is 5.73 Å². The predicted molar refractivity (Wildman–Crippen MR) is 46.5 cm³/mol. The molecule has 1 aliphatic carbocycles. The van der Waals surface area contributed by atoms with Gasteiger partial charge in [-0.05, 0) is 32.3 Å². The molecule has 0 radical (unpaired) electrons. The lowest BCUT2D eigenvalue weighted by atomic mass is 9.75. The summed E-state index contributed by atoms with van der Waals surface area (Å²) in [6, 6.07) is 1.92. The first kappa shape index (κ1) is 7.68. The molecule has 0 aliphatic heterocycles. The van der Waals surface area contributed by atoms with Crippen molar-refractivity contribution >= 4 is 0 Å². The molecule has 1 saturated carbocycles. The molecule has 0 amide bonds. The van der Waals surface area contributed by atoms with Crippen LogP contribution in [0, 0.1) is 6.92 Å². The third-order valence-electron chi connectivity index (χ3n) is 2.53. The van der Waals surface area contributed by atoms with Gasteiger partial charge < -0.3 is 5.73 Å². The topological polar surface area (TPSA) is 51.8 Å². The monoisotopic (exact) mass is 163 g/mol. The molecule has 1 aromatic heterocycles. The van der Waals surface area contributed by atoms with E-state index in [2.05, 4.69) is 9.97 Å². The standard InChI is InChI=1S/C9H13N3/c1-7-11-6-3-8(12-7)9(10)4-2-5-9/h3,6H,2,4-5,10H2,1H3. The van der Waals surface area contributed by atoms with Gasteiger partial charge in [-0.3, -0.25) is 0 Å². The van der Waals surface area contributed by atoms with E-state index < -0.39 is 0 Å². The van der Waals surface area contributed by atoms with Crippen molar-refractivity contribution in [2.75, 3.05) is 0 Å². The summed E-state index contributed by atoms with van der Waals surface area (Å²) in [5, 5.41) is 0. The Hall–Kier alpha value is -0.960. The number of hydrogen-bond acceptors (Lipinski definition) is 3. The summed E-state index contributed by atoms with van der Waals surface area (Å²) in [5.41, 5.74) is 6.96. The summed E-state index contributed by atoms with van der Waals surface area (Å²) in [4.78, 5) is 8.38. The Morgan fingerprint density at radius 3 is 2.75 bits per heavy atom. The smallest absolute Gasteiger partial charge is 0.125 e. The molecular weight excluding hydrogens is 150 g/mol. The molecule has 0 spiro atoms. The molecule has 2 rings (SSSR count). The van der Waals surface area contributed by atoms with E-state index in [0.29, 0.717) is 0 Å². The van der Waals surface area contributed by atoms with Gasteiger partial charge in [-0.15, -0.1) is 0 Å². The fraction of sp³-hybridized carbons (Fsp3) is 0.556. The van der Waals surface area contributed by atoms with Crippen LogP contribution in [0.3, 0.4) is 0 Å². The SMILES string of the molecule is Cc1nccc(C2(N)CCC2)n1. The molecule has 12 heavy (non-hydrogen) atoms. The minimum Gasteiger partial charge on any atom is -0.320 e. The van der Waals surface area contributed by atoms with Gasteiger partial charge in [0, 0.05) is 6.20 Å². The van der Waals surface area contributed by atoms with E-state index in [-0.39, 0.29) is 5.54 Å². The van der Waals surface area contributed by atoms with Crippen LogP contribution in [0.2, 0.25) is 0 Å². The molecule has 0 atom stereocenters. The molecule has 1 heterocycles. The summed E-state index contributed by atoms with van der Waals surface area (Å²) in [6.45, 7) is 1.89. The lowest BCUT2D eigenvalue weighted by molar-refractivity contribution is 0.245. The van der Waals surface area contributed by atoms with Crippen LogP contribution < -0.4 is 5.73 Å². The number of nitrogens with two attached hydrogens (primary N) is 1. The average molecular weight is 163 g/mol. The van der Waals surface area contributed by atoms with E-state index in [1.165, 1.54) is 6.42 Å². The number of hydrogen-bond donors (Lipinski definition) is 1. The fourth-order valence-electron chi connectivity index (χ4n) is 1.55. The summed E-state index contributed by atoms with van der Waals surface area (Å²) >= 11 is 0. The lowest BCUT2D eigenvalue weighted by Crippen LogP contribution is -2.44. The van der Waals surface area contributed by atoms with Gasteiger partial charge in [0.15, 0.2) is 0 Å². The van der Waals surface area contributed by atoms with Crippen LogP contribution in [0.5, 0.6) is 0 Å².